The van der Waals surface area contributed by atoms with Gasteiger partial charge in [-0.3, -0.25) is 0 Å². The second-order valence-electron chi connectivity index (χ2n) is 5.83. The van der Waals surface area contributed by atoms with Crippen molar-refractivity contribution in [1.82, 2.24) is 4.72 Å². The molecule has 2 saturated carbocycles. The van der Waals surface area contributed by atoms with Gasteiger partial charge in [-0.1, -0.05) is 18.6 Å². The fourth-order valence-electron chi connectivity index (χ4n) is 3.54. The van der Waals surface area contributed by atoms with Crippen LogP contribution in [0, 0.1) is 16.7 Å². The van der Waals surface area contributed by atoms with Crippen LogP contribution in [0.5, 0.6) is 0 Å². The average Bonchev–Trinajstić information content (AvgIpc) is 2.41. The van der Waals surface area contributed by atoms with Gasteiger partial charge in [0, 0.05) is 18.6 Å². The minimum Gasteiger partial charge on any atom is -0.381 e. The molecule has 1 N–H and O–H groups in total. The molecule has 0 heterocycles. The van der Waals surface area contributed by atoms with Crippen molar-refractivity contribution >= 4 is 10.0 Å². The number of nitriles is 1. The highest BCUT2D eigenvalue weighted by molar-refractivity contribution is 7.89. The first-order valence-electron chi connectivity index (χ1n) is 7.08. The molecule has 1 aromatic rings. The molecule has 2 aliphatic carbocycles. The van der Waals surface area contributed by atoms with Gasteiger partial charge in [-0.25, -0.2) is 13.1 Å². The predicted octanol–water partition coefficient (Wildman–Crippen LogP) is 1.79. The summed E-state index contributed by atoms with van der Waals surface area (Å²) in [5.74, 6) is 0. The zero-order chi connectivity index (χ0) is 15.1. The van der Waals surface area contributed by atoms with Gasteiger partial charge in [0.2, 0.25) is 10.0 Å². The third-order valence-electron chi connectivity index (χ3n) is 4.95. The van der Waals surface area contributed by atoms with Crippen LogP contribution in [0.15, 0.2) is 29.2 Å². The van der Waals surface area contributed by atoms with E-state index >= 15 is 0 Å². The maximum absolute atomic E-state index is 12.5. The lowest BCUT2D eigenvalue weighted by Crippen LogP contribution is -2.67. The van der Waals surface area contributed by atoms with E-state index < -0.39 is 10.0 Å². The van der Waals surface area contributed by atoms with E-state index in [0.29, 0.717) is 6.42 Å². The Morgan fingerprint density at radius 1 is 1.38 bits per heavy atom. The zero-order valence-corrected chi connectivity index (χ0v) is 12.7. The number of nitrogens with zero attached hydrogens (tertiary/aromatic N) is 1. The number of hydrogen-bond acceptors (Lipinski definition) is 4. The average molecular weight is 306 g/mol. The molecule has 0 saturated heterocycles. The Morgan fingerprint density at radius 2 is 2.10 bits per heavy atom. The van der Waals surface area contributed by atoms with Crippen LogP contribution in [0.2, 0.25) is 0 Å². The quantitative estimate of drug-likeness (QED) is 0.920. The SMILES string of the molecule is COC1CC(NS(=O)(=O)c2ccccc2C#N)C12CCC2. The van der Waals surface area contributed by atoms with Crippen LogP contribution in [0.25, 0.3) is 0 Å². The monoisotopic (exact) mass is 306 g/mol. The second-order valence-corrected chi connectivity index (χ2v) is 7.51. The molecule has 5 nitrogen and oxygen atoms in total. The molecule has 6 heteroatoms. The number of rotatable bonds is 4. The summed E-state index contributed by atoms with van der Waals surface area (Å²) in [6.07, 6.45) is 3.96. The van der Waals surface area contributed by atoms with Crippen molar-refractivity contribution < 1.29 is 13.2 Å². The van der Waals surface area contributed by atoms with Crippen LogP contribution in [-0.4, -0.2) is 27.7 Å². The van der Waals surface area contributed by atoms with Gasteiger partial charge in [-0.15, -0.1) is 0 Å². The van der Waals surface area contributed by atoms with Gasteiger partial charge in [0.25, 0.3) is 0 Å². The summed E-state index contributed by atoms with van der Waals surface area (Å²) < 4.78 is 33.3. The van der Waals surface area contributed by atoms with Crippen LogP contribution in [-0.2, 0) is 14.8 Å². The number of ether oxygens (including phenoxy) is 1. The van der Waals surface area contributed by atoms with Crippen molar-refractivity contribution in [3.8, 4) is 6.07 Å². The third-order valence-corrected chi connectivity index (χ3v) is 6.48. The molecule has 21 heavy (non-hydrogen) atoms. The van der Waals surface area contributed by atoms with E-state index in [-0.39, 0.29) is 28.0 Å². The van der Waals surface area contributed by atoms with Crippen molar-refractivity contribution in [3.63, 3.8) is 0 Å². The molecule has 2 atom stereocenters. The lowest BCUT2D eigenvalue weighted by atomic mass is 9.51. The molecule has 0 amide bonds. The molecule has 0 aromatic heterocycles. The Balaban J connectivity index is 1.83. The second kappa shape index (κ2) is 5.09. The first-order chi connectivity index (χ1) is 10.0. The lowest BCUT2D eigenvalue weighted by molar-refractivity contribution is -0.155. The minimum absolute atomic E-state index is 0.0383. The summed E-state index contributed by atoms with van der Waals surface area (Å²) in [5, 5.41) is 9.06. The molecule has 1 aromatic carbocycles. The van der Waals surface area contributed by atoms with Gasteiger partial charge in [0.05, 0.1) is 16.6 Å². The molecule has 0 radical (unpaired) electrons. The van der Waals surface area contributed by atoms with Crippen LogP contribution >= 0.6 is 0 Å². The Morgan fingerprint density at radius 3 is 2.67 bits per heavy atom. The summed E-state index contributed by atoms with van der Waals surface area (Å²) in [4.78, 5) is 0.0582. The van der Waals surface area contributed by atoms with Gasteiger partial charge in [0.15, 0.2) is 0 Å². The fourth-order valence-corrected chi connectivity index (χ4v) is 5.04. The first kappa shape index (κ1) is 14.5. The Hall–Kier alpha value is -1.42. The highest BCUT2D eigenvalue weighted by Crippen LogP contribution is 2.57. The van der Waals surface area contributed by atoms with Gasteiger partial charge in [-0.2, -0.15) is 5.26 Å². The summed E-state index contributed by atoms with van der Waals surface area (Å²) >= 11 is 0. The van der Waals surface area contributed by atoms with Gasteiger partial charge in [0.1, 0.15) is 6.07 Å². The molecule has 0 bridgehead atoms. The van der Waals surface area contributed by atoms with Crippen LogP contribution in [0.4, 0.5) is 0 Å². The van der Waals surface area contributed by atoms with Crippen LogP contribution in [0.1, 0.15) is 31.2 Å². The molecule has 1 spiro atoms. The van der Waals surface area contributed by atoms with E-state index in [4.69, 9.17) is 10.00 Å². The molecule has 3 rings (SSSR count). The summed E-state index contributed by atoms with van der Waals surface area (Å²) in [7, 11) is -1.99. The van der Waals surface area contributed by atoms with Crippen molar-refractivity contribution in [2.24, 2.45) is 5.41 Å². The minimum atomic E-state index is -3.67. The molecular weight excluding hydrogens is 288 g/mol. The molecule has 2 aliphatic rings. The topological polar surface area (TPSA) is 79.2 Å². The largest absolute Gasteiger partial charge is 0.381 e. The van der Waals surface area contributed by atoms with Gasteiger partial charge in [-0.05, 0) is 31.4 Å². The standard InChI is InChI=1S/C15H18N2O3S/c1-20-14-9-13(15(14)7-4-8-15)17-21(18,19)12-6-3-2-5-11(12)10-16/h2-3,5-6,13-14,17H,4,7-9H2,1H3. The number of nitrogens with one attached hydrogen (secondary N) is 1. The first-order valence-corrected chi connectivity index (χ1v) is 8.56. The number of hydrogen-bond donors (Lipinski definition) is 1. The highest BCUT2D eigenvalue weighted by Gasteiger charge is 2.59. The lowest BCUT2D eigenvalue weighted by Gasteiger charge is -2.60. The highest BCUT2D eigenvalue weighted by atomic mass is 32.2. The van der Waals surface area contributed by atoms with E-state index in [1.807, 2.05) is 6.07 Å². The fraction of sp³-hybridized carbons (Fsp3) is 0.533. The molecule has 2 unspecified atom stereocenters. The smallest absolute Gasteiger partial charge is 0.242 e. The Kier molecular flexibility index (Phi) is 3.52. The number of sulfonamides is 1. The predicted molar refractivity (Wildman–Crippen MR) is 77.0 cm³/mol. The molecular formula is C15H18N2O3S. The van der Waals surface area contributed by atoms with Crippen molar-refractivity contribution in [2.45, 2.75) is 42.7 Å². The Bertz CT molecular complexity index is 689. The molecule has 112 valence electrons. The summed E-state index contributed by atoms with van der Waals surface area (Å²) in [5.41, 5.74) is 0.138. The van der Waals surface area contributed by atoms with Crippen molar-refractivity contribution in [2.75, 3.05) is 7.11 Å². The summed E-state index contributed by atoms with van der Waals surface area (Å²) in [6, 6.07) is 8.13. The van der Waals surface area contributed by atoms with Crippen molar-refractivity contribution in [3.05, 3.63) is 29.8 Å². The number of benzene rings is 1. The van der Waals surface area contributed by atoms with Crippen molar-refractivity contribution in [1.29, 1.82) is 5.26 Å². The van der Waals surface area contributed by atoms with E-state index in [2.05, 4.69) is 4.72 Å². The van der Waals surface area contributed by atoms with E-state index in [1.54, 1.807) is 19.2 Å². The van der Waals surface area contributed by atoms with E-state index in [9.17, 15) is 8.42 Å². The number of methoxy groups -OCH3 is 1. The maximum atomic E-state index is 12.5. The van der Waals surface area contributed by atoms with Gasteiger partial charge < -0.3 is 4.74 Å². The normalized spacial score (nSPS) is 26.7. The Labute approximate surface area is 125 Å². The maximum Gasteiger partial charge on any atom is 0.242 e. The van der Waals surface area contributed by atoms with Gasteiger partial charge >= 0.3 is 0 Å². The zero-order valence-electron chi connectivity index (χ0n) is 11.9. The molecule has 0 aliphatic heterocycles. The van der Waals surface area contributed by atoms with Crippen LogP contribution < -0.4 is 4.72 Å². The van der Waals surface area contributed by atoms with Crippen LogP contribution in [0.3, 0.4) is 0 Å². The third kappa shape index (κ3) is 2.16. The van der Waals surface area contributed by atoms with E-state index in [1.165, 1.54) is 12.1 Å². The van der Waals surface area contributed by atoms with E-state index in [0.717, 1.165) is 19.3 Å². The molecule has 2 fully saturated rings. The summed E-state index contributed by atoms with van der Waals surface area (Å²) in [6.45, 7) is 0.